The van der Waals surface area contributed by atoms with Gasteiger partial charge in [-0.05, 0) is 49.5 Å². The molecule has 0 aromatic heterocycles. The molecule has 4 aliphatic rings. The van der Waals surface area contributed by atoms with Gasteiger partial charge in [-0.15, -0.1) is 0 Å². The van der Waals surface area contributed by atoms with Crippen LogP contribution in [0.3, 0.4) is 0 Å². The Hall–Kier alpha value is 0.850. The van der Waals surface area contributed by atoms with Crippen molar-refractivity contribution >= 4 is 35.3 Å². The average molecular weight is 450 g/mol. The normalized spacial score (nSPS) is 42.0. The number of hydrogen-bond donors (Lipinski definition) is 1. The quantitative estimate of drug-likeness (QED) is 0.706. The topological polar surface area (TPSA) is 49.0 Å². The summed E-state index contributed by atoms with van der Waals surface area (Å²) in [7, 11) is 0. The number of thioether (sulfide) groups is 3. The molecule has 0 bridgehead atoms. The maximum Gasteiger partial charge on any atom is 0.137 e. The zero-order valence-corrected chi connectivity index (χ0v) is 19.3. The molecule has 5 nitrogen and oxygen atoms in total. The Bertz CT molecular complexity index is 410. The van der Waals surface area contributed by atoms with E-state index in [-0.39, 0.29) is 6.10 Å². The minimum absolute atomic E-state index is 0.00356. The number of rotatable bonds is 3. The molecule has 0 aliphatic carbocycles. The molecule has 0 amide bonds. The molecule has 0 aromatic rings. The Balaban J connectivity index is 1.74. The highest BCUT2D eigenvalue weighted by atomic mass is 32.2. The summed E-state index contributed by atoms with van der Waals surface area (Å²) in [5, 5.41) is 3.97. The predicted octanol–water partition coefficient (Wildman–Crippen LogP) is 2.67. The summed E-state index contributed by atoms with van der Waals surface area (Å²) in [6.45, 7) is 5.55. The zero-order valence-electron chi connectivity index (χ0n) is 16.8. The standard InChI is InChI=1S/C20H35NO4S3/c1-5-21-13-17(23-7-1)20(16-27-10-3-9-25-20)19(15-22-6-2-8-24-19)18-14-26-11-4-12-28-18/h17-18,21H,1-16H2. The molecule has 28 heavy (non-hydrogen) atoms. The Kier molecular flexibility index (Phi) is 8.61. The second kappa shape index (κ2) is 10.9. The van der Waals surface area contributed by atoms with Gasteiger partial charge in [0.2, 0.25) is 0 Å². The van der Waals surface area contributed by atoms with E-state index in [0.717, 1.165) is 76.0 Å². The second-order valence-corrected chi connectivity index (χ2v) is 11.6. The van der Waals surface area contributed by atoms with E-state index in [1.807, 2.05) is 11.8 Å². The van der Waals surface area contributed by atoms with Crippen molar-refractivity contribution in [2.75, 3.05) is 74.9 Å². The smallest absolute Gasteiger partial charge is 0.137 e. The molecule has 4 fully saturated rings. The summed E-state index contributed by atoms with van der Waals surface area (Å²) in [4.78, 5) is 0. The largest absolute Gasteiger partial charge is 0.378 e. The third-order valence-corrected chi connectivity index (χ3v) is 10.2. The first-order valence-electron chi connectivity index (χ1n) is 10.8. The maximum absolute atomic E-state index is 6.87. The zero-order chi connectivity index (χ0) is 19.1. The Morgan fingerprint density at radius 3 is 2.71 bits per heavy atom. The SMILES string of the molecule is C1CNCC(C2(C3(C4CSCCCS4)COCCCO3)CSCCCO2)OC1. The van der Waals surface area contributed by atoms with Crippen LogP contribution in [0.5, 0.6) is 0 Å². The minimum atomic E-state index is -0.474. The molecule has 0 aromatic carbocycles. The van der Waals surface area contributed by atoms with Gasteiger partial charge in [0.15, 0.2) is 0 Å². The Morgan fingerprint density at radius 1 is 0.821 bits per heavy atom. The highest BCUT2D eigenvalue weighted by Gasteiger charge is 2.63. The van der Waals surface area contributed by atoms with Crippen molar-refractivity contribution in [3.63, 3.8) is 0 Å². The van der Waals surface area contributed by atoms with E-state index >= 15 is 0 Å². The lowest BCUT2D eigenvalue weighted by molar-refractivity contribution is -0.248. The van der Waals surface area contributed by atoms with Crippen molar-refractivity contribution in [2.24, 2.45) is 0 Å². The van der Waals surface area contributed by atoms with Crippen molar-refractivity contribution in [3.05, 3.63) is 0 Å². The van der Waals surface area contributed by atoms with Crippen molar-refractivity contribution in [2.45, 2.75) is 48.2 Å². The summed E-state index contributed by atoms with van der Waals surface area (Å²) in [5.41, 5.74) is -0.933. The van der Waals surface area contributed by atoms with Crippen molar-refractivity contribution in [1.82, 2.24) is 5.32 Å². The molecule has 1 N–H and O–H groups in total. The van der Waals surface area contributed by atoms with E-state index in [9.17, 15) is 0 Å². The molecular formula is C20H35NO4S3. The van der Waals surface area contributed by atoms with Gasteiger partial charge in [0.05, 0.1) is 6.61 Å². The van der Waals surface area contributed by atoms with E-state index in [4.69, 9.17) is 18.9 Å². The monoisotopic (exact) mass is 449 g/mol. The van der Waals surface area contributed by atoms with Gasteiger partial charge in [0.25, 0.3) is 0 Å². The van der Waals surface area contributed by atoms with Crippen LogP contribution in [0.25, 0.3) is 0 Å². The van der Waals surface area contributed by atoms with Gasteiger partial charge in [0, 0.05) is 49.7 Å². The highest BCUT2D eigenvalue weighted by Crippen LogP contribution is 2.48. The van der Waals surface area contributed by atoms with Crippen LogP contribution >= 0.6 is 35.3 Å². The van der Waals surface area contributed by atoms with Crippen LogP contribution < -0.4 is 5.32 Å². The van der Waals surface area contributed by atoms with Crippen LogP contribution in [0.2, 0.25) is 0 Å². The van der Waals surface area contributed by atoms with E-state index in [1.165, 1.54) is 17.9 Å². The van der Waals surface area contributed by atoms with Crippen LogP contribution in [0, 0.1) is 0 Å². The first kappa shape index (κ1) is 22.1. The van der Waals surface area contributed by atoms with Crippen LogP contribution in [-0.2, 0) is 18.9 Å². The summed E-state index contributed by atoms with van der Waals surface area (Å²) in [6, 6.07) is 0. The van der Waals surface area contributed by atoms with Gasteiger partial charge in [-0.25, -0.2) is 0 Å². The van der Waals surface area contributed by atoms with Gasteiger partial charge in [0.1, 0.15) is 17.3 Å². The minimum Gasteiger partial charge on any atom is -0.378 e. The summed E-state index contributed by atoms with van der Waals surface area (Å²) in [6.07, 6.45) is 4.37. The molecule has 4 aliphatic heterocycles. The van der Waals surface area contributed by atoms with E-state index < -0.39 is 11.2 Å². The Morgan fingerprint density at radius 2 is 1.71 bits per heavy atom. The molecule has 4 saturated heterocycles. The third-order valence-electron chi connectivity index (χ3n) is 6.14. The van der Waals surface area contributed by atoms with E-state index in [0.29, 0.717) is 11.9 Å². The molecule has 4 heterocycles. The highest BCUT2D eigenvalue weighted by molar-refractivity contribution is 8.04. The Labute approximate surface area is 182 Å². The van der Waals surface area contributed by atoms with Crippen molar-refractivity contribution in [3.8, 4) is 0 Å². The average Bonchev–Trinajstić information content (AvgIpc) is 3.30. The number of hydrogen-bond acceptors (Lipinski definition) is 8. The van der Waals surface area contributed by atoms with Crippen molar-refractivity contribution in [1.29, 1.82) is 0 Å². The fraction of sp³-hybridized carbons (Fsp3) is 1.00. The molecular weight excluding hydrogens is 414 g/mol. The lowest BCUT2D eigenvalue weighted by Crippen LogP contribution is -2.73. The van der Waals surface area contributed by atoms with Gasteiger partial charge in [-0.1, -0.05) is 0 Å². The summed E-state index contributed by atoms with van der Waals surface area (Å²) >= 11 is 6.15. The first-order valence-corrected chi connectivity index (χ1v) is 14.2. The lowest BCUT2D eigenvalue weighted by Gasteiger charge is -2.54. The van der Waals surface area contributed by atoms with Crippen LogP contribution in [0.4, 0.5) is 0 Å². The summed E-state index contributed by atoms with van der Waals surface area (Å²) < 4.78 is 26.5. The molecule has 0 saturated carbocycles. The van der Waals surface area contributed by atoms with E-state index in [1.54, 1.807) is 0 Å². The fourth-order valence-corrected chi connectivity index (χ4v) is 9.01. The second-order valence-electron chi connectivity index (χ2n) is 7.99. The fourth-order valence-electron chi connectivity index (χ4n) is 4.68. The maximum atomic E-state index is 6.87. The molecule has 4 rings (SSSR count). The van der Waals surface area contributed by atoms with Gasteiger partial charge in [-0.2, -0.15) is 35.3 Å². The van der Waals surface area contributed by atoms with Gasteiger partial charge in [-0.3, -0.25) is 0 Å². The number of nitrogens with one attached hydrogen (secondary N) is 1. The first-order chi connectivity index (χ1) is 13.9. The van der Waals surface area contributed by atoms with Gasteiger partial charge >= 0.3 is 0 Å². The molecule has 0 spiro atoms. The molecule has 4 atom stereocenters. The molecule has 8 heteroatoms. The molecule has 4 unspecified atom stereocenters. The van der Waals surface area contributed by atoms with Gasteiger partial charge < -0.3 is 24.3 Å². The number of ether oxygens (including phenoxy) is 4. The lowest BCUT2D eigenvalue weighted by atomic mass is 9.76. The van der Waals surface area contributed by atoms with E-state index in [2.05, 4.69) is 28.8 Å². The van der Waals surface area contributed by atoms with Crippen LogP contribution in [-0.4, -0.2) is 97.4 Å². The summed E-state index contributed by atoms with van der Waals surface area (Å²) in [5.74, 6) is 5.60. The van der Waals surface area contributed by atoms with Crippen molar-refractivity contribution < 1.29 is 18.9 Å². The van der Waals surface area contributed by atoms with Crippen LogP contribution in [0.1, 0.15) is 25.7 Å². The predicted molar refractivity (Wildman–Crippen MR) is 120 cm³/mol. The third kappa shape index (κ3) is 4.69. The van der Waals surface area contributed by atoms with Crippen LogP contribution in [0.15, 0.2) is 0 Å². The molecule has 0 radical (unpaired) electrons. The molecule has 162 valence electrons.